The van der Waals surface area contributed by atoms with E-state index in [2.05, 4.69) is 15.9 Å². The zero-order chi connectivity index (χ0) is 6.57. The van der Waals surface area contributed by atoms with E-state index in [4.69, 9.17) is 16.4 Å². The van der Waals surface area contributed by atoms with Gasteiger partial charge in [0.15, 0.2) is 0 Å². The lowest BCUT2D eigenvalue weighted by Crippen LogP contribution is -1.92. The predicted octanol–water partition coefficient (Wildman–Crippen LogP) is 0.725. The molecule has 8 heavy (non-hydrogen) atoms. The summed E-state index contributed by atoms with van der Waals surface area (Å²) in [5.74, 6) is 0. The molecule has 0 saturated heterocycles. The van der Waals surface area contributed by atoms with E-state index in [9.17, 15) is 0 Å². The monoisotopic (exact) mass is 173 g/mol. The van der Waals surface area contributed by atoms with Crippen molar-refractivity contribution in [3.63, 3.8) is 0 Å². The molecule has 0 saturated carbocycles. The first-order chi connectivity index (χ1) is 3.72. The van der Waals surface area contributed by atoms with Crippen LogP contribution >= 0.6 is 15.9 Å². The molecule has 0 aliphatic carbocycles. The average molecular weight is 174 g/mol. The van der Waals surface area contributed by atoms with Gasteiger partial charge in [-0.2, -0.15) is 5.26 Å². The fraction of sp³-hybridized carbons (Fsp3) is 0. The molecule has 0 bridgehead atoms. The summed E-state index contributed by atoms with van der Waals surface area (Å²) in [6.45, 7) is 0. The van der Waals surface area contributed by atoms with E-state index in [-0.39, 0.29) is 5.71 Å². The van der Waals surface area contributed by atoms with Crippen LogP contribution in [-0.4, -0.2) is 5.71 Å². The number of hydrogen-bond donors (Lipinski definition) is 2. The van der Waals surface area contributed by atoms with E-state index < -0.39 is 0 Å². The lowest BCUT2D eigenvalue weighted by molar-refractivity contribution is 1.48. The Bertz CT molecular complexity index is 165. The van der Waals surface area contributed by atoms with E-state index in [1.807, 2.05) is 0 Å². The normalized spacial score (nSPS) is 10.2. The molecule has 3 N–H and O–H groups in total. The molecule has 0 amide bonds. The molecule has 42 valence electrons. The van der Waals surface area contributed by atoms with Gasteiger partial charge in [0.2, 0.25) is 0 Å². The van der Waals surface area contributed by atoms with E-state index in [0.717, 1.165) is 6.20 Å². The van der Waals surface area contributed by atoms with Gasteiger partial charge in [-0.15, -0.1) is 0 Å². The van der Waals surface area contributed by atoms with Crippen molar-refractivity contribution in [1.82, 2.24) is 0 Å². The first-order valence-electron chi connectivity index (χ1n) is 1.78. The topological polar surface area (TPSA) is 73.7 Å². The Balaban J connectivity index is 4.10. The maximum atomic E-state index is 8.04. The van der Waals surface area contributed by atoms with Crippen molar-refractivity contribution in [2.45, 2.75) is 0 Å². The standard InChI is InChI=1S/C4H4BrN3/c5-3(1-6)4(8)2-7/h1,8H,6H2/b3-1+,8-4?. The van der Waals surface area contributed by atoms with Gasteiger partial charge in [-0.1, -0.05) is 0 Å². The third-order valence-corrected chi connectivity index (χ3v) is 1.16. The van der Waals surface area contributed by atoms with Crippen molar-refractivity contribution < 1.29 is 0 Å². The van der Waals surface area contributed by atoms with Crippen LogP contribution in [0.2, 0.25) is 0 Å². The molecule has 0 aliphatic rings. The fourth-order valence-electron chi connectivity index (χ4n) is 0.137. The zero-order valence-corrected chi connectivity index (χ0v) is 5.57. The predicted molar refractivity (Wildman–Crippen MR) is 34.5 cm³/mol. The Kier molecular flexibility index (Phi) is 2.89. The molecule has 0 spiro atoms. The highest BCUT2D eigenvalue weighted by atomic mass is 79.9. The Morgan fingerprint density at radius 1 is 1.88 bits per heavy atom. The zero-order valence-electron chi connectivity index (χ0n) is 3.98. The highest BCUT2D eigenvalue weighted by molar-refractivity contribution is 9.12. The van der Waals surface area contributed by atoms with Gasteiger partial charge in [-0.25, -0.2) is 0 Å². The van der Waals surface area contributed by atoms with Crippen molar-refractivity contribution in [1.29, 1.82) is 10.7 Å². The van der Waals surface area contributed by atoms with Crippen LogP contribution in [0.15, 0.2) is 10.7 Å². The summed E-state index contributed by atoms with van der Waals surface area (Å²) in [4.78, 5) is 0. The highest BCUT2D eigenvalue weighted by Crippen LogP contribution is 2.01. The van der Waals surface area contributed by atoms with Gasteiger partial charge in [-0.05, 0) is 15.9 Å². The van der Waals surface area contributed by atoms with Crippen LogP contribution in [0.3, 0.4) is 0 Å². The van der Waals surface area contributed by atoms with Crippen molar-refractivity contribution in [2.75, 3.05) is 0 Å². The minimum Gasteiger partial charge on any atom is -0.404 e. The van der Waals surface area contributed by atoms with Crippen LogP contribution in [0.25, 0.3) is 0 Å². The van der Waals surface area contributed by atoms with Crippen LogP contribution in [-0.2, 0) is 0 Å². The summed E-state index contributed by atoms with van der Waals surface area (Å²) in [7, 11) is 0. The summed E-state index contributed by atoms with van der Waals surface area (Å²) in [5.41, 5.74) is 4.79. The lowest BCUT2D eigenvalue weighted by Gasteiger charge is -1.84. The first-order valence-corrected chi connectivity index (χ1v) is 2.58. The number of rotatable bonds is 1. The van der Waals surface area contributed by atoms with E-state index in [1.54, 1.807) is 6.07 Å². The number of nitriles is 1. The first kappa shape index (κ1) is 7.18. The summed E-state index contributed by atoms with van der Waals surface area (Å²) in [6, 6.07) is 1.60. The maximum absolute atomic E-state index is 8.04. The van der Waals surface area contributed by atoms with Crippen molar-refractivity contribution in [3.05, 3.63) is 10.7 Å². The SMILES string of the molecule is N#CC(=N)/C(Br)=C\N. The molecule has 0 unspecified atom stereocenters. The summed E-state index contributed by atoms with van der Waals surface area (Å²) >= 11 is 2.89. The van der Waals surface area contributed by atoms with E-state index in [1.165, 1.54) is 0 Å². The van der Waals surface area contributed by atoms with E-state index >= 15 is 0 Å². The molecule has 0 aromatic heterocycles. The lowest BCUT2D eigenvalue weighted by atomic mass is 10.4. The molecule has 0 rings (SSSR count). The maximum Gasteiger partial charge on any atom is 0.147 e. The smallest absolute Gasteiger partial charge is 0.147 e. The molecular formula is C4H4BrN3. The van der Waals surface area contributed by atoms with Crippen LogP contribution in [0.1, 0.15) is 0 Å². The van der Waals surface area contributed by atoms with Crippen LogP contribution in [0, 0.1) is 16.7 Å². The van der Waals surface area contributed by atoms with Gasteiger partial charge < -0.3 is 5.73 Å². The van der Waals surface area contributed by atoms with Crippen molar-refractivity contribution in [2.24, 2.45) is 5.73 Å². The molecule has 0 aliphatic heterocycles. The molecular weight excluding hydrogens is 170 g/mol. The Hall–Kier alpha value is -0.820. The number of nitrogens with two attached hydrogens (primary N) is 1. The molecule has 3 nitrogen and oxygen atoms in total. The summed E-state index contributed by atoms with van der Waals surface area (Å²) in [6.07, 6.45) is 1.16. The Labute approximate surface area is 55.4 Å². The number of allylic oxidation sites excluding steroid dienone is 1. The largest absolute Gasteiger partial charge is 0.404 e. The molecule has 0 radical (unpaired) electrons. The molecule has 0 fully saturated rings. The van der Waals surface area contributed by atoms with E-state index in [0.29, 0.717) is 4.48 Å². The number of halogens is 1. The van der Waals surface area contributed by atoms with Gasteiger partial charge in [0, 0.05) is 6.20 Å². The van der Waals surface area contributed by atoms with Gasteiger partial charge in [0.1, 0.15) is 11.8 Å². The second kappa shape index (κ2) is 3.22. The second-order valence-electron chi connectivity index (χ2n) is 1.00. The Morgan fingerprint density at radius 3 is 2.50 bits per heavy atom. The highest BCUT2D eigenvalue weighted by Gasteiger charge is 1.94. The Morgan fingerprint density at radius 2 is 2.38 bits per heavy atom. The summed E-state index contributed by atoms with van der Waals surface area (Å²) in [5, 5.41) is 14.8. The van der Waals surface area contributed by atoms with Crippen molar-refractivity contribution in [3.8, 4) is 6.07 Å². The van der Waals surface area contributed by atoms with Gasteiger partial charge in [0.25, 0.3) is 0 Å². The van der Waals surface area contributed by atoms with Gasteiger partial charge >= 0.3 is 0 Å². The minimum absolute atomic E-state index is 0.160. The van der Waals surface area contributed by atoms with Crippen LogP contribution in [0.5, 0.6) is 0 Å². The van der Waals surface area contributed by atoms with Crippen LogP contribution in [0.4, 0.5) is 0 Å². The van der Waals surface area contributed by atoms with Gasteiger partial charge in [-0.3, -0.25) is 5.41 Å². The van der Waals surface area contributed by atoms with Crippen molar-refractivity contribution >= 4 is 21.6 Å². The molecule has 0 atom stereocenters. The molecule has 4 heteroatoms. The second-order valence-corrected chi connectivity index (χ2v) is 1.86. The quantitative estimate of drug-likeness (QED) is 0.574. The number of hydrogen-bond acceptors (Lipinski definition) is 3. The van der Waals surface area contributed by atoms with Crippen LogP contribution < -0.4 is 5.73 Å². The minimum atomic E-state index is -0.160. The number of nitrogens with zero attached hydrogens (tertiary/aromatic N) is 1. The molecule has 0 aromatic rings. The number of nitrogens with one attached hydrogen (secondary N) is 1. The fourth-order valence-corrected chi connectivity index (χ4v) is 0.225. The third kappa shape index (κ3) is 1.76. The van der Waals surface area contributed by atoms with Gasteiger partial charge in [0.05, 0.1) is 4.48 Å². The molecule has 0 aromatic carbocycles. The third-order valence-electron chi connectivity index (χ3n) is 0.497. The molecule has 0 heterocycles. The average Bonchev–Trinajstić information content (AvgIpc) is 1.84. The summed E-state index contributed by atoms with van der Waals surface area (Å²) < 4.78 is 0.319.